The lowest BCUT2D eigenvalue weighted by atomic mass is 9.95. The molecule has 0 radical (unpaired) electrons. The molecule has 84 heavy (non-hydrogen) atoms. The second-order valence-electron chi connectivity index (χ2n) is 24.0. The van der Waals surface area contributed by atoms with Gasteiger partial charge in [-0.05, 0) is 108 Å². The summed E-state index contributed by atoms with van der Waals surface area (Å²) in [6.07, 6.45) is 35.5. The molecule has 0 aromatic heterocycles. The number of rotatable bonds is 34. The van der Waals surface area contributed by atoms with Crippen LogP contribution in [0.5, 0.6) is 0 Å². The normalized spacial score (nSPS) is 13.1. The Balaban J connectivity index is 1.17. The largest absolute Gasteiger partial charge is 0.226 e. The smallest absolute Gasteiger partial charge is 0.161 e. The minimum Gasteiger partial charge on any atom is -0.226 e. The van der Waals surface area contributed by atoms with Gasteiger partial charge in [-0.25, -0.2) is 20.0 Å². The molecule has 0 amide bonds. The fourth-order valence-electron chi connectivity index (χ4n) is 12.2. The summed E-state index contributed by atoms with van der Waals surface area (Å²) in [6.45, 7) is 9.16. The van der Waals surface area contributed by atoms with Gasteiger partial charge in [0.25, 0.3) is 0 Å². The second-order valence-corrected chi connectivity index (χ2v) is 24.0. The average molecular weight is 1110 g/mol. The molecule has 4 heteroatoms. The van der Waals surface area contributed by atoms with Crippen LogP contribution in [0.4, 0.5) is 0 Å². The van der Waals surface area contributed by atoms with E-state index in [4.69, 9.17) is 20.0 Å². The van der Waals surface area contributed by atoms with E-state index >= 15 is 0 Å². The first-order chi connectivity index (χ1) is 41.5. The van der Waals surface area contributed by atoms with Crippen LogP contribution < -0.4 is 10.4 Å². The van der Waals surface area contributed by atoms with E-state index < -0.39 is 0 Å². The zero-order chi connectivity index (χ0) is 58.0. The van der Waals surface area contributed by atoms with Crippen LogP contribution in [0.2, 0.25) is 0 Å². The maximum Gasteiger partial charge on any atom is 0.161 e. The van der Waals surface area contributed by atoms with Crippen molar-refractivity contribution < 1.29 is 0 Å². The molecular formula is C80H96N4. The highest BCUT2D eigenvalue weighted by Crippen LogP contribution is 2.29. The summed E-state index contributed by atoms with van der Waals surface area (Å²) >= 11 is 0. The molecule has 4 nitrogen and oxygen atoms in total. The molecule has 0 saturated heterocycles. The summed E-state index contributed by atoms with van der Waals surface area (Å²) in [7, 11) is 0. The SMILES string of the molecule is CCCCCCCCc1ccc(C2=NC(=c3cc(-c4ccccc4)c(=C4N=C(c5ccc(CCCCCCCC)cc5)C(c5ccc(CCCCCCCC)cc5)=N4)cc3-c3ccccc3)N=C2c2ccc(CCCCCCCC)cc2)cc1. The Labute approximate surface area is 506 Å². The topological polar surface area (TPSA) is 49.4 Å². The van der Waals surface area contributed by atoms with Gasteiger partial charge in [0.2, 0.25) is 0 Å². The van der Waals surface area contributed by atoms with Crippen molar-refractivity contribution >= 4 is 34.5 Å². The van der Waals surface area contributed by atoms with E-state index in [1.807, 2.05) is 0 Å². The highest BCUT2D eigenvalue weighted by Gasteiger charge is 2.26. The van der Waals surface area contributed by atoms with E-state index in [-0.39, 0.29) is 0 Å². The first-order valence-corrected chi connectivity index (χ1v) is 33.3. The fourth-order valence-corrected chi connectivity index (χ4v) is 12.2. The first-order valence-electron chi connectivity index (χ1n) is 33.3. The number of aliphatic imine (C=N–C) groups is 4. The number of benzene rings is 7. The minimum atomic E-state index is 0.710. The third-order valence-electron chi connectivity index (χ3n) is 17.3. The van der Waals surface area contributed by atoms with Crippen molar-refractivity contribution in [2.24, 2.45) is 20.0 Å². The molecule has 0 spiro atoms. The third-order valence-corrected chi connectivity index (χ3v) is 17.3. The maximum atomic E-state index is 5.63. The van der Waals surface area contributed by atoms with Crippen LogP contribution >= 0.6 is 0 Å². The van der Waals surface area contributed by atoms with Crippen molar-refractivity contribution in [1.82, 2.24) is 0 Å². The zero-order valence-corrected chi connectivity index (χ0v) is 51.8. The zero-order valence-electron chi connectivity index (χ0n) is 51.8. The van der Waals surface area contributed by atoms with E-state index in [1.54, 1.807) is 0 Å². The predicted molar refractivity (Wildman–Crippen MR) is 364 cm³/mol. The van der Waals surface area contributed by atoms with E-state index in [0.717, 1.165) is 103 Å². The number of hydrogen-bond donors (Lipinski definition) is 0. The Kier molecular flexibility index (Phi) is 24.5. The van der Waals surface area contributed by atoms with Crippen molar-refractivity contribution in [2.75, 3.05) is 0 Å². The Morgan fingerprint density at radius 1 is 0.226 bits per heavy atom. The number of unbranched alkanes of at least 4 members (excludes halogenated alkanes) is 20. The lowest BCUT2D eigenvalue weighted by Gasteiger charge is -2.10. The molecular weight excluding hydrogens is 1020 g/mol. The lowest BCUT2D eigenvalue weighted by Crippen LogP contribution is -2.18. The van der Waals surface area contributed by atoms with Crippen LogP contribution in [0.25, 0.3) is 33.9 Å². The van der Waals surface area contributed by atoms with Crippen molar-refractivity contribution in [3.63, 3.8) is 0 Å². The summed E-state index contributed by atoms with van der Waals surface area (Å²) in [5, 5.41) is 1.95. The maximum absolute atomic E-state index is 5.63. The third kappa shape index (κ3) is 17.5. The van der Waals surface area contributed by atoms with Gasteiger partial charge in [0, 0.05) is 32.7 Å². The lowest BCUT2D eigenvalue weighted by molar-refractivity contribution is 0.607. The van der Waals surface area contributed by atoms with E-state index in [9.17, 15) is 0 Å². The number of hydrogen-bond acceptors (Lipinski definition) is 4. The van der Waals surface area contributed by atoms with Crippen molar-refractivity contribution in [1.29, 1.82) is 0 Å². The molecule has 9 rings (SSSR count). The van der Waals surface area contributed by atoms with E-state index in [2.05, 4.69) is 198 Å². The first kappa shape index (κ1) is 61.5. The summed E-state index contributed by atoms with van der Waals surface area (Å²) < 4.78 is 0. The molecule has 0 N–H and O–H groups in total. The summed E-state index contributed by atoms with van der Waals surface area (Å²) in [4.78, 5) is 22.5. The van der Waals surface area contributed by atoms with Gasteiger partial charge in [-0.2, -0.15) is 0 Å². The minimum absolute atomic E-state index is 0.710. The molecule has 0 bridgehead atoms. The van der Waals surface area contributed by atoms with Gasteiger partial charge in [0.1, 0.15) is 0 Å². The molecule has 0 atom stereocenters. The monoisotopic (exact) mass is 1110 g/mol. The average Bonchev–Trinajstić information content (AvgIpc) is 3.71. The fraction of sp³-hybridized carbons (Fsp3) is 0.400. The van der Waals surface area contributed by atoms with Crippen molar-refractivity contribution in [2.45, 2.75) is 207 Å². The summed E-state index contributed by atoms with van der Waals surface area (Å²) in [5.41, 5.74) is 17.8. The Bertz CT molecular complexity index is 2990. The molecule has 2 aliphatic heterocycles. The van der Waals surface area contributed by atoms with Crippen molar-refractivity contribution in [3.05, 3.63) is 225 Å². The van der Waals surface area contributed by atoms with E-state index in [1.165, 1.54) is 176 Å². The summed E-state index contributed by atoms with van der Waals surface area (Å²) in [6, 6.07) is 63.0. The van der Waals surface area contributed by atoms with E-state index in [0.29, 0.717) is 11.6 Å². The van der Waals surface area contributed by atoms with Gasteiger partial charge >= 0.3 is 0 Å². The molecule has 0 aliphatic carbocycles. The van der Waals surface area contributed by atoms with Crippen molar-refractivity contribution in [3.8, 4) is 22.3 Å². The van der Waals surface area contributed by atoms with Gasteiger partial charge in [0.15, 0.2) is 11.6 Å². The van der Waals surface area contributed by atoms with Crippen LogP contribution in [0.15, 0.2) is 190 Å². The molecule has 2 heterocycles. The van der Waals surface area contributed by atoms with Gasteiger partial charge in [0.05, 0.1) is 22.8 Å². The standard InChI is InChI=1S/C80H96N4/c1-5-9-13-17-21-27-35-61-43-51-67(52-44-61)75-76(68-53-45-62(46-54-68)36-28-22-18-14-10-6-2)82-79(81-75)73-59-72(66-41-33-26-34-42-66)74(60-71(73)65-39-31-25-32-40-65)80-83-77(69-55-47-63(48-56-69)37-29-23-19-15-11-7-3)78(84-80)70-57-49-64(50-58-70)38-30-24-20-16-12-8-4/h25-26,31-34,39-60H,5-24,27-30,35-38H2,1-4H3. The highest BCUT2D eigenvalue weighted by atomic mass is 15.0. The molecule has 7 aromatic rings. The highest BCUT2D eigenvalue weighted by molar-refractivity contribution is 6.56. The Hall–Kier alpha value is -7.04. The molecule has 7 aromatic carbocycles. The van der Waals surface area contributed by atoms with Crippen LogP contribution in [-0.4, -0.2) is 22.8 Å². The quantitative estimate of drug-likeness (QED) is 0.0361. The van der Waals surface area contributed by atoms with Crippen LogP contribution in [0.1, 0.15) is 226 Å². The number of aryl methyl sites for hydroxylation is 4. The van der Waals surface area contributed by atoms with Crippen LogP contribution in [0.3, 0.4) is 0 Å². The summed E-state index contributed by atoms with van der Waals surface area (Å²) in [5.74, 6) is 1.42. The van der Waals surface area contributed by atoms with Gasteiger partial charge in [-0.15, -0.1) is 0 Å². The van der Waals surface area contributed by atoms with Crippen LogP contribution in [-0.2, 0) is 25.7 Å². The Morgan fingerprint density at radius 2 is 0.452 bits per heavy atom. The van der Waals surface area contributed by atoms with Gasteiger partial charge in [-0.3, -0.25) is 0 Å². The van der Waals surface area contributed by atoms with Gasteiger partial charge in [-0.1, -0.05) is 314 Å². The molecule has 0 saturated carbocycles. The molecule has 436 valence electrons. The molecule has 2 aliphatic rings. The Morgan fingerprint density at radius 3 is 0.690 bits per heavy atom. The van der Waals surface area contributed by atoms with Crippen LogP contribution in [0, 0.1) is 0 Å². The second kappa shape index (κ2) is 33.4. The predicted octanol–water partition coefficient (Wildman–Crippen LogP) is 20.7. The molecule has 0 fully saturated rings. The number of nitrogens with zero attached hydrogens (tertiary/aromatic N) is 4. The molecule has 0 unspecified atom stereocenters. The van der Waals surface area contributed by atoms with Gasteiger partial charge < -0.3 is 0 Å².